The number of anilines is 1. The normalized spacial score (nSPS) is 10.5. The number of benzene rings is 2. The molecule has 0 aliphatic rings. The van der Waals surface area contributed by atoms with Crippen LogP contribution in [0.4, 0.5) is 5.69 Å². The molecule has 1 heteroatoms. The molecule has 0 saturated heterocycles. The third-order valence-electron chi connectivity index (χ3n) is 3.05. The Balaban J connectivity index is 2.34. The molecule has 2 aromatic carbocycles. The van der Waals surface area contributed by atoms with Crippen LogP contribution in [0.5, 0.6) is 0 Å². The predicted octanol–water partition coefficient (Wildman–Crippen LogP) is 4.20. The Hall–Kier alpha value is -1.76. The fourth-order valence-corrected chi connectivity index (χ4v) is 2.02. The van der Waals surface area contributed by atoms with E-state index in [0.29, 0.717) is 0 Å². The second-order valence-corrected chi connectivity index (χ2v) is 4.53. The minimum Gasteiger partial charge on any atom is -0.398 e. The third kappa shape index (κ3) is 2.68. The summed E-state index contributed by atoms with van der Waals surface area (Å²) >= 11 is 0. The van der Waals surface area contributed by atoms with Gasteiger partial charge in [0.1, 0.15) is 0 Å². The van der Waals surface area contributed by atoms with E-state index in [0.717, 1.165) is 18.5 Å². The van der Waals surface area contributed by atoms with Crippen molar-refractivity contribution in [1.82, 2.24) is 0 Å². The third-order valence-corrected chi connectivity index (χ3v) is 3.05. The van der Waals surface area contributed by atoms with Crippen molar-refractivity contribution < 1.29 is 0 Å². The van der Waals surface area contributed by atoms with Crippen molar-refractivity contribution in [3.05, 3.63) is 53.6 Å². The van der Waals surface area contributed by atoms with E-state index in [-0.39, 0.29) is 0 Å². The lowest BCUT2D eigenvalue weighted by molar-refractivity contribution is 0.924. The number of nitrogens with two attached hydrogens (primary N) is 1. The zero-order valence-corrected chi connectivity index (χ0v) is 10.5. The van der Waals surface area contributed by atoms with Crippen LogP contribution < -0.4 is 5.73 Å². The summed E-state index contributed by atoms with van der Waals surface area (Å²) in [5.41, 5.74) is 11.9. The fourth-order valence-electron chi connectivity index (χ4n) is 2.02. The summed E-state index contributed by atoms with van der Waals surface area (Å²) in [6.07, 6.45) is 2.19. The van der Waals surface area contributed by atoms with Crippen molar-refractivity contribution in [2.45, 2.75) is 26.7 Å². The minimum atomic E-state index is 0.907. The van der Waals surface area contributed by atoms with E-state index in [1.165, 1.54) is 22.3 Å². The van der Waals surface area contributed by atoms with E-state index in [4.69, 9.17) is 5.73 Å². The van der Waals surface area contributed by atoms with E-state index < -0.39 is 0 Å². The highest BCUT2D eigenvalue weighted by atomic mass is 14.6. The van der Waals surface area contributed by atoms with Crippen molar-refractivity contribution in [1.29, 1.82) is 0 Å². The number of hydrogen-bond donors (Lipinski definition) is 1. The van der Waals surface area contributed by atoms with Crippen LogP contribution in [0.25, 0.3) is 11.1 Å². The molecule has 0 unspecified atom stereocenters. The molecule has 2 N–H and O–H groups in total. The number of nitrogen functional groups attached to an aromatic ring is 1. The molecule has 2 rings (SSSR count). The van der Waals surface area contributed by atoms with Gasteiger partial charge >= 0.3 is 0 Å². The van der Waals surface area contributed by atoms with Gasteiger partial charge in [0.25, 0.3) is 0 Å². The molecule has 0 atom stereocenters. The van der Waals surface area contributed by atoms with Crippen molar-refractivity contribution in [3.8, 4) is 11.1 Å². The van der Waals surface area contributed by atoms with Crippen molar-refractivity contribution in [2.24, 2.45) is 0 Å². The molecule has 0 aliphatic heterocycles. The first-order valence-corrected chi connectivity index (χ1v) is 6.16. The molecular formula is C16H19N. The van der Waals surface area contributed by atoms with Gasteiger partial charge in [0.2, 0.25) is 0 Å². The van der Waals surface area contributed by atoms with Gasteiger partial charge in [-0.05, 0) is 36.1 Å². The average Bonchev–Trinajstić information content (AvgIpc) is 2.33. The maximum Gasteiger partial charge on any atom is 0.0352 e. The zero-order valence-electron chi connectivity index (χ0n) is 10.5. The SMILES string of the molecule is CCCc1ccc(-c2ccc(C)cc2)cc1N. The number of rotatable bonds is 3. The lowest BCUT2D eigenvalue weighted by atomic mass is 10.00. The first-order valence-electron chi connectivity index (χ1n) is 6.16. The predicted molar refractivity (Wildman–Crippen MR) is 75.0 cm³/mol. The maximum atomic E-state index is 6.07. The summed E-state index contributed by atoms with van der Waals surface area (Å²) in [7, 11) is 0. The van der Waals surface area contributed by atoms with Crippen LogP contribution in [0.2, 0.25) is 0 Å². The number of hydrogen-bond acceptors (Lipinski definition) is 1. The van der Waals surface area contributed by atoms with E-state index in [1.807, 2.05) is 0 Å². The molecular weight excluding hydrogens is 206 g/mol. The molecule has 0 bridgehead atoms. The maximum absolute atomic E-state index is 6.07. The minimum absolute atomic E-state index is 0.907. The van der Waals surface area contributed by atoms with Gasteiger partial charge in [-0.15, -0.1) is 0 Å². The molecule has 0 heterocycles. The Morgan fingerprint density at radius 2 is 1.59 bits per heavy atom. The van der Waals surface area contributed by atoms with Crippen LogP contribution in [0, 0.1) is 6.92 Å². The topological polar surface area (TPSA) is 26.0 Å². The second-order valence-electron chi connectivity index (χ2n) is 4.53. The summed E-state index contributed by atoms with van der Waals surface area (Å²) < 4.78 is 0. The lowest BCUT2D eigenvalue weighted by Gasteiger charge is -2.08. The van der Waals surface area contributed by atoms with Gasteiger partial charge in [-0.25, -0.2) is 0 Å². The highest BCUT2D eigenvalue weighted by Crippen LogP contribution is 2.25. The van der Waals surface area contributed by atoms with Crippen LogP contribution in [-0.2, 0) is 6.42 Å². The molecule has 1 nitrogen and oxygen atoms in total. The zero-order chi connectivity index (χ0) is 12.3. The van der Waals surface area contributed by atoms with Gasteiger partial charge < -0.3 is 5.73 Å². The van der Waals surface area contributed by atoms with Gasteiger partial charge in [-0.1, -0.05) is 55.3 Å². The van der Waals surface area contributed by atoms with Crippen LogP contribution in [0.3, 0.4) is 0 Å². The molecule has 0 saturated carbocycles. The van der Waals surface area contributed by atoms with Gasteiger partial charge in [-0.2, -0.15) is 0 Å². The molecule has 17 heavy (non-hydrogen) atoms. The first-order chi connectivity index (χ1) is 8.20. The van der Waals surface area contributed by atoms with Crippen LogP contribution in [-0.4, -0.2) is 0 Å². The van der Waals surface area contributed by atoms with Crippen molar-refractivity contribution in [3.63, 3.8) is 0 Å². The highest BCUT2D eigenvalue weighted by Gasteiger charge is 2.02. The summed E-state index contributed by atoms with van der Waals surface area (Å²) in [5, 5.41) is 0. The molecule has 88 valence electrons. The Kier molecular flexibility index (Phi) is 3.48. The Morgan fingerprint density at radius 1 is 0.941 bits per heavy atom. The van der Waals surface area contributed by atoms with Crippen molar-refractivity contribution >= 4 is 5.69 Å². The highest BCUT2D eigenvalue weighted by molar-refractivity contribution is 5.69. The molecule has 0 aromatic heterocycles. The van der Waals surface area contributed by atoms with Crippen LogP contribution >= 0.6 is 0 Å². The monoisotopic (exact) mass is 225 g/mol. The molecule has 0 spiro atoms. The first kappa shape index (κ1) is 11.7. The van der Waals surface area contributed by atoms with Crippen LogP contribution in [0.1, 0.15) is 24.5 Å². The summed E-state index contributed by atoms with van der Waals surface area (Å²) in [4.78, 5) is 0. The number of aryl methyl sites for hydroxylation is 2. The largest absolute Gasteiger partial charge is 0.398 e. The Morgan fingerprint density at radius 3 is 2.18 bits per heavy atom. The van der Waals surface area contributed by atoms with Crippen molar-refractivity contribution in [2.75, 3.05) is 5.73 Å². The average molecular weight is 225 g/mol. The summed E-state index contributed by atoms with van der Waals surface area (Å²) in [5.74, 6) is 0. The van der Waals surface area contributed by atoms with Crippen LogP contribution in [0.15, 0.2) is 42.5 Å². The Labute approximate surface area is 103 Å². The van der Waals surface area contributed by atoms with E-state index >= 15 is 0 Å². The molecule has 2 aromatic rings. The molecule has 0 amide bonds. The van der Waals surface area contributed by atoms with E-state index in [9.17, 15) is 0 Å². The van der Waals surface area contributed by atoms with Gasteiger partial charge in [0.15, 0.2) is 0 Å². The molecule has 0 fully saturated rings. The molecule has 0 aliphatic carbocycles. The lowest BCUT2D eigenvalue weighted by Crippen LogP contribution is -1.94. The smallest absolute Gasteiger partial charge is 0.0352 e. The van der Waals surface area contributed by atoms with Gasteiger partial charge in [-0.3, -0.25) is 0 Å². The Bertz CT molecular complexity index is 497. The van der Waals surface area contributed by atoms with E-state index in [2.05, 4.69) is 56.3 Å². The van der Waals surface area contributed by atoms with E-state index in [1.54, 1.807) is 0 Å². The van der Waals surface area contributed by atoms with Gasteiger partial charge in [0.05, 0.1) is 0 Å². The molecule has 0 radical (unpaired) electrons. The summed E-state index contributed by atoms with van der Waals surface area (Å²) in [6.45, 7) is 4.27. The second kappa shape index (κ2) is 5.05. The van der Waals surface area contributed by atoms with Gasteiger partial charge in [0, 0.05) is 5.69 Å². The quantitative estimate of drug-likeness (QED) is 0.778. The standard InChI is InChI=1S/C16H19N/c1-3-4-14-9-10-15(11-16(14)17)13-7-5-12(2)6-8-13/h5-11H,3-4,17H2,1-2H3. The fraction of sp³-hybridized carbons (Fsp3) is 0.250. The summed E-state index contributed by atoms with van der Waals surface area (Å²) in [6, 6.07) is 14.9.